The number of aryl methyl sites for hydroxylation is 1. The molecular formula is C26H20F2N4O3S. The lowest BCUT2D eigenvalue weighted by Crippen LogP contribution is -2.16. The number of aromatic nitrogens is 3. The van der Waals surface area contributed by atoms with Crippen LogP contribution >= 0.6 is 11.8 Å². The van der Waals surface area contributed by atoms with Gasteiger partial charge in [0.2, 0.25) is 11.8 Å². The van der Waals surface area contributed by atoms with Crippen LogP contribution in [0.2, 0.25) is 0 Å². The minimum absolute atomic E-state index is 0.0766. The highest BCUT2D eigenvalue weighted by Crippen LogP contribution is 2.42. The molecule has 0 spiro atoms. The highest BCUT2D eigenvalue weighted by atomic mass is 32.2. The first-order valence-corrected chi connectivity index (χ1v) is 12.0. The number of thioether (sulfide) groups is 1. The number of ether oxygens (including phenoxy) is 1. The van der Waals surface area contributed by atoms with Crippen LogP contribution in [0.1, 0.15) is 22.4 Å². The second kappa shape index (κ2) is 10.00. The Labute approximate surface area is 209 Å². The number of amides is 1. The Bertz CT molecular complexity index is 1480. The molecule has 7 nitrogen and oxygen atoms in total. The molecule has 0 saturated heterocycles. The normalized spacial score (nSPS) is 11.9. The van der Waals surface area contributed by atoms with Gasteiger partial charge in [0.05, 0.1) is 34.9 Å². The number of aliphatic hydroxyl groups excluding tert-OH is 1. The molecule has 10 heteroatoms. The van der Waals surface area contributed by atoms with Crippen molar-refractivity contribution in [3.05, 3.63) is 88.7 Å². The van der Waals surface area contributed by atoms with E-state index in [1.165, 1.54) is 24.3 Å². The lowest BCUT2D eigenvalue weighted by molar-refractivity contribution is -0.113. The zero-order valence-corrected chi connectivity index (χ0v) is 19.9. The topological polar surface area (TPSA) is 97.2 Å². The number of nitrogens with one attached hydrogen (secondary N) is 1. The van der Waals surface area contributed by atoms with E-state index in [0.717, 1.165) is 17.3 Å². The fraction of sp³-hybridized carbons (Fsp3) is 0.154. The number of aliphatic hydroxyl groups is 1. The average molecular weight is 507 g/mol. The van der Waals surface area contributed by atoms with Gasteiger partial charge in [0.25, 0.3) is 0 Å². The first-order chi connectivity index (χ1) is 17.4. The van der Waals surface area contributed by atoms with Crippen molar-refractivity contribution in [1.82, 2.24) is 15.0 Å². The van der Waals surface area contributed by atoms with Crippen molar-refractivity contribution in [3.8, 4) is 23.0 Å². The van der Waals surface area contributed by atoms with Crippen molar-refractivity contribution >= 4 is 23.4 Å². The van der Waals surface area contributed by atoms with E-state index in [-0.39, 0.29) is 35.3 Å². The Kier molecular flexibility index (Phi) is 6.62. The summed E-state index contributed by atoms with van der Waals surface area (Å²) in [4.78, 5) is 25.9. The van der Waals surface area contributed by atoms with Crippen LogP contribution < -0.4 is 10.1 Å². The van der Waals surface area contributed by atoms with Crippen molar-refractivity contribution in [3.63, 3.8) is 0 Å². The van der Waals surface area contributed by atoms with Gasteiger partial charge in [-0.15, -0.1) is 0 Å². The predicted molar refractivity (Wildman–Crippen MR) is 131 cm³/mol. The molecule has 1 aliphatic heterocycles. The van der Waals surface area contributed by atoms with Gasteiger partial charge in [-0.05, 0) is 31.2 Å². The van der Waals surface area contributed by atoms with Gasteiger partial charge in [-0.25, -0.2) is 13.8 Å². The molecule has 0 radical (unpaired) electrons. The van der Waals surface area contributed by atoms with Gasteiger partial charge >= 0.3 is 0 Å². The van der Waals surface area contributed by atoms with Gasteiger partial charge in [-0.3, -0.25) is 9.78 Å². The standard InChI is InChI=1S/C26H20F2N4O3S/c1-14-23-17(15(12-33)11-29-14)10-18-25(35-23)31-24(16-6-2-3-7-19(16)27)32-26(18)36-13-22(34)30-21-9-5-4-8-20(21)28/h2-9,11,33H,10,12-13H2,1H3,(H,30,34). The highest BCUT2D eigenvalue weighted by molar-refractivity contribution is 8.00. The molecule has 3 heterocycles. The average Bonchev–Trinajstić information content (AvgIpc) is 2.88. The van der Waals surface area contributed by atoms with Crippen LogP contribution in [0.4, 0.5) is 14.5 Å². The van der Waals surface area contributed by atoms with Gasteiger partial charge in [0.15, 0.2) is 11.6 Å². The van der Waals surface area contributed by atoms with Crippen LogP contribution in [-0.4, -0.2) is 31.7 Å². The molecule has 0 saturated carbocycles. The molecule has 5 rings (SSSR count). The summed E-state index contributed by atoms with van der Waals surface area (Å²) in [6, 6.07) is 12.0. The van der Waals surface area contributed by atoms with Crippen molar-refractivity contribution in [2.24, 2.45) is 0 Å². The summed E-state index contributed by atoms with van der Waals surface area (Å²) in [6.45, 7) is 1.56. The van der Waals surface area contributed by atoms with Gasteiger partial charge in [-0.1, -0.05) is 36.0 Å². The molecule has 4 aromatic rings. The number of hydrogen-bond donors (Lipinski definition) is 2. The molecule has 0 unspecified atom stereocenters. The second-order valence-electron chi connectivity index (χ2n) is 8.05. The molecule has 182 valence electrons. The number of nitrogens with zero attached hydrogens (tertiary/aromatic N) is 3. The van der Waals surface area contributed by atoms with Crippen molar-refractivity contribution < 1.29 is 23.4 Å². The zero-order valence-electron chi connectivity index (χ0n) is 19.1. The molecule has 36 heavy (non-hydrogen) atoms. The maximum absolute atomic E-state index is 14.6. The second-order valence-corrected chi connectivity index (χ2v) is 9.01. The van der Waals surface area contributed by atoms with Crippen LogP contribution in [0.15, 0.2) is 59.8 Å². The van der Waals surface area contributed by atoms with Crippen LogP contribution in [0.5, 0.6) is 11.6 Å². The number of benzene rings is 2. The predicted octanol–water partition coefficient (Wildman–Crippen LogP) is 5.04. The largest absolute Gasteiger partial charge is 0.436 e. The molecule has 1 aliphatic rings. The molecule has 2 aromatic carbocycles. The van der Waals surface area contributed by atoms with E-state index in [1.54, 1.807) is 37.4 Å². The summed E-state index contributed by atoms with van der Waals surface area (Å²) in [5, 5.41) is 12.8. The summed E-state index contributed by atoms with van der Waals surface area (Å²) in [5.74, 6) is -0.726. The maximum Gasteiger partial charge on any atom is 0.234 e. The number of anilines is 1. The molecule has 0 bridgehead atoms. The zero-order chi connectivity index (χ0) is 25.2. The summed E-state index contributed by atoms with van der Waals surface area (Å²) in [6.07, 6.45) is 1.92. The molecule has 1 amide bonds. The van der Waals surface area contributed by atoms with E-state index < -0.39 is 17.5 Å². The number of hydrogen-bond acceptors (Lipinski definition) is 7. The Morgan fingerprint density at radius 3 is 2.58 bits per heavy atom. The minimum atomic E-state index is -0.539. The SMILES string of the molecule is Cc1ncc(CO)c2c1Oc1nc(-c3ccccc3F)nc(SCC(=O)Nc3ccccc3F)c1C2. The molecular weight excluding hydrogens is 486 g/mol. The molecule has 0 aliphatic carbocycles. The lowest BCUT2D eigenvalue weighted by Gasteiger charge is -2.24. The number of rotatable bonds is 6. The molecule has 2 N–H and O–H groups in total. The molecule has 0 atom stereocenters. The smallest absolute Gasteiger partial charge is 0.234 e. The summed E-state index contributed by atoms with van der Waals surface area (Å²) >= 11 is 1.11. The maximum atomic E-state index is 14.6. The van der Waals surface area contributed by atoms with Crippen molar-refractivity contribution in [2.75, 3.05) is 11.1 Å². The quantitative estimate of drug-likeness (QED) is 0.246. The van der Waals surface area contributed by atoms with Gasteiger partial charge in [0, 0.05) is 23.7 Å². The fourth-order valence-corrected chi connectivity index (χ4v) is 4.68. The first kappa shape index (κ1) is 23.8. The third kappa shape index (κ3) is 4.65. The van der Waals surface area contributed by atoms with Crippen LogP contribution in [0, 0.1) is 18.6 Å². The van der Waals surface area contributed by atoms with E-state index >= 15 is 0 Å². The van der Waals surface area contributed by atoms with E-state index in [4.69, 9.17) is 4.74 Å². The Morgan fingerprint density at radius 2 is 1.83 bits per heavy atom. The van der Waals surface area contributed by atoms with E-state index in [0.29, 0.717) is 34.0 Å². The number of carbonyl (C=O) groups excluding carboxylic acids is 1. The minimum Gasteiger partial charge on any atom is -0.436 e. The molecule has 2 aromatic heterocycles. The van der Waals surface area contributed by atoms with E-state index in [1.807, 2.05) is 0 Å². The number of carbonyl (C=O) groups is 1. The number of para-hydroxylation sites is 1. The van der Waals surface area contributed by atoms with Crippen molar-refractivity contribution in [2.45, 2.75) is 25.0 Å². The Hall–Kier alpha value is -3.89. The fourth-order valence-electron chi connectivity index (χ4n) is 3.86. The molecule has 0 fully saturated rings. The van der Waals surface area contributed by atoms with E-state index in [2.05, 4.69) is 20.3 Å². The van der Waals surface area contributed by atoms with Crippen LogP contribution in [0.25, 0.3) is 11.4 Å². The summed E-state index contributed by atoms with van der Waals surface area (Å²) in [7, 11) is 0. The van der Waals surface area contributed by atoms with E-state index in [9.17, 15) is 18.7 Å². The van der Waals surface area contributed by atoms with Gasteiger partial charge in [-0.2, -0.15) is 4.98 Å². The van der Waals surface area contributed by atoms with Crippen molar-refractivity contribution in [1.29, 1.82) is 0 Å². The third-order valence-electron chi connectivity index (χ3n) is 5.66. The van der Waals surface area contributed by atoms with Crippen LogP contribution in [0.3, 0.4) is 0 Å². The lowest BCUT2D eigenvalue weighted by atomic mass is 9.99. The van der Waals surface area contributed by atoms with Gasteiger partial charge in [0.1, 0.15) is 16.7 Å². The summed E-state index contributed by atoms with van der Waals surface area (Å²) in [5.41, 5.74) is 2.84. The van der Waals surface area contributed by atoms with Crippen LogP contribution in [-0.2, 0) is 17.8 Å². The Balaban J connectivity index is 1.51. The third-order valence-corrected chi connectivity index (χ3v) is 6.68. The highest BCUT2D eigenvalue weighted by Gasteiger charge is 2.28. The number of halogens is 2. The van der Waals surface area contributed by atoms with Gasteiger partial charge < -0.3 is 15.2 Å². The first-order valence-electron chi connectivity index (χ1n) is 11.0. The number of fused-ring (bicyclic) bond motifs is 2. The summed E-state index contributed by atoms with van der Waals surface area (Å²) < 4.78 is 34.6. The number of pyridine rings is 1. The Morgan fingerprint density at radius 1 is 1.08 bits per heavy atom. The monoisotopic (exact) mass is 506 g/mol.